The van der Waals surface area contributed by atoms with Crippen LogP contribution in [0.15, 0.2) is 42.1 Å². The Balaban J connectivity index is 1.42. The van der Waals surface area contributed by atoms with Crippen molar-refractivity contribution in [2.24, 2.45) is 5.92 Å². The Kier molecular flexibility index (Phi) is 9.02. The number of allylic oxidation sites excluding steroid dienone is 2. The van der Waals surface area contributed by atoms with Crippen LogP contribution in [0.3, 0.4) is 0 Å². The van der Waals surface area contributed by atoms with Crippen LogP contribution in [0.4, 0.5) is 38.0 Å². The average molecular weight is 686 g/mol. The molecule has 5 rings (SSSR count). The van der Waals surface area contributed by atoms with E-state index in [9.17, 15) is 36.2 Å². The van der Waals surface area contributed by atoms with Gasteiger partial charge in [-0.3, -0.25) is 4.79 Å². The number of aromatic nitrogens is 3. The molecule has 0 saturated carbocycles. The number of nitrogens with zero attached hydrogens (tertiary/aromatic N) is 4. The first-order valence-electron chi connectivity index (χ1n) is 15.7. The first-order valence-corrected chi connectivity index (χ1v) is 18.6. The molecule has 258 valence electrons. The highest BCUT2D eigenvalue weighted by Gasteiger charge is 2.65. The molecule has 3 atom stereocenters. The second-order valence-corrected chi connectivity index (χ2v) is 19.0. The summed E-state index contributed by atoms with van der Waals surface area (Å²) in [5.74, 6) is -3.19. The summed E-state index contributed by atoms with van der Waals surface area (Å²) in [5.41, 5.74) is -3.99. The Hall–Kier alpha value is -3.17. The van der Waals surface area contributed by atoms with Crippen molar-refractivity contribution in [1.82, 2.24) is 14.8 Å². The van der Waals surface area contributed by atoms with Gasteiger partial charge in [0, 0.05) is 25.2 Å². The third-order valence-corrected chi connectivity index (χ3v) is 14.6. The van der Waals surface area contributed by atoms with Gasteiger partial charge in [-0.2, -0.15) is 31.4 Å². The maximum absolute atomic E-state index is 14.7. The standard InChI is InChI=1S/C32H41F6N5O3Si/c1-19-28(44)40-27-25(30(19,45)32(36,37)38)26(21-13-15-42(16-14-21)24-12-9-22(17-39-24)31(33,34)35)41-43(27)18-20-7-10-23(11-8-20)46-47(5,6)29(2,3)4/h7-10,12,17,19,21,23,45H,11,13-16,18H2,1-6H3,(H,40,44). The third kappa shape index (κ3) is 6.62. The number of pyridine rings is 1. The summed E-state index contributed by atoms with van der Waals surface area (Å²) in [6, 6.07) is 2.21. The lowest BCUT2D eigenvalue weighted by molar-refractivity contribution is -0.282. The topological polar surface area (TPSA) is 92.5 Å². The Bertz CT molecular complexity index is 1550. The number of amides is 1. The van der Waals surface area contributed by atoms with E-state index in [4.69, 9.17) is 4.43 Å². The molecule has 0 bridgehead atoms. The Labute approximate surface area is 271 Å². The van der Waals surface area contributed by atoms with E-state index >= 15 is 0 Å². The van der Waals surface area contributed by atoms with Crippen molar-refractivity contribution in [2.45, 2.75) is 102 Å². The van der Waals surface area contributed by atoms with Gasteiger partial charge in [0.05, 0.1) is 35.4 Å². The molecule has 1 aliphatic carbocycles. The number of rotatable bonds is 6. The lowest BCUT2D eigenvalue weighted by Crippen LogP contribution is -2.55. The number of carbonyl (C=O) groups excluding carboxylic acids is 1. The van der Waals surface area contributed by atoms with Crippen molar-refractivity contribution < 1.29 is 40.7 Å². The minimum Gasteiger partial charge on any atom is -0.410 e. The zero-order valence-electron chi connectivity index (χ0n) is 27.3. The van der Waals surface area contributed by atoms with Gasteiger partial charge in [-0.15, -0.1) is 0 Å². The van der Waals surface area contributed by atoms with Gasteiger partial charge in [-0.05, 0) is 55.1 Å². The molecule has 1 fully saturated rings. The van der Waals surface area contributed by atoms with E-state index < -0.39 is 55.1 Å². The normalized spacial score (nSPS) is 24.7. The number of nitrogens with one attached hydrogen (secondary N) is 1. The zero-order chi connectivity index (χ0) is 34.7. The van der Waals surface area contributed by atoms with Crippen molar-refractivity contribution in [2.75, 3.05) is 23.3 Å². The highest BCUT2D eigenvalue weighted by Crippen LogP contribution is 2.53. The first-order chi connectivity index (χ1) is 21.6. The van der Waals surface area contributed by atoms with Crippen LogP contribution >= 0.6 is 0 Å². The maximum atomic E-state index is 14.7. The van der Waals surface area contributed by atoms with E-state index in [1.807, 2.05) is 18.2 Å². The Morgan fingerprint density at radius 2 is 1.77 bits per heavy atom. The van der Waals surface area contributed by atoms with Crippen LogP contribution in [0.25, 0.3) is 0 Å². The molecule has 2 aromatic rings. The quantitative estimate of drug-likeness (QED) is 0.245. The van der Waals surface area contributed by atoms with Crippen LogP contribution < -0.4 is 10.2 Å². The number of hydrogen-bond donors (Lipinski definition) is 2. The van der Waals surface area contributed by atoms with Crippen molar-refractivity contribution in [3.05, 3.63) is 59.0 Å². The summed E-state index contributed by atoms with van der Waals surface area (Å²) >= 11 is 0. The number of aliphatic hydroxyl groups is 1. The lowest BCUT2D eigenvalue weighted by Gasteiger charge is -2.40. The van der Waals surface area contributed by atoms with Gasteiger partial charge in [0.15, 0.2) is 8.32 Å². The van der Waals surface area contributed by atoms with Crippen LogP contribution in [0, 0.1) is 5.92 Å². The number of carbonyl (C=O) groups is 1. The number of hydrogen-bond acceptors (Lipinski definition) is 6. The minimum atomic E-state index is -5.18. The fourth-order valence-corrected chi connectivity index (χ4v) is 7.39. The fourth-order valence-electron chi connectivity index (χ4n) is 6.10. The van der Waals surface area contributed by atoms with E-state index in [0.29, 0.717) is 38.2 Å². The molecule has 2 aliphatic heterocycles. The van der Waals surface area contributed by atoms with Crippen LogP contribution in [0.2, 0.25) is 18.1 Å². The summed E-state index contributed by atoms with van der Waals surface area (Å²) in [5, 5.41) is 18.6. The van der Waals surface area contributed by atoms with Crippen molar-refractivity contribution in [3.63, 3.8) is 0 Å². The first kappa shape index (κ1) is 35.1. The molecule has 4 heterocycles. The summed E-state index contributed by atoms with van der Waals surface area (Å²) < 4.78 is 90.9. The van der Waals surface area contributed by atoms with E-state index in [1.54, 1.807) is 4.90 Å². The molecular formula is C32H41F6N5O3Si. The molecule has 8 nitrogen and oxygen atoms in total. The molecule has 3 aliphatic rings. The fraction of sp³-hybridized carbons (Fsp3) is 0.594. The van der Waals surface area contributed by atoms with Crippen molar-refractivity contribution in [1.29, 1.82) is 0 Å². The van der Waals surface area contributed by atoms with Gasteiger partial charge in [0.25, 0.3) is 0 Å². The average Bonchev–Trinajstić information content (AvgIpc) is 3.33. The number of halogens is 6. The second kappa shape index (κ2) is 12.1. The summed E-state index contributed by atoms with van der Waals surface area (Å²) in [7, 11) is -2.04. The Morgan fingerprint density at radius 1 is 1.11 bits per heavy atom. The summed E-state index contributed by atoms with van der Waals surface area (Å²) in [6.07, 6.45) is -2.17. The molecule has 1 amide bonds. The molecular weight excluding hydrogens is 644 g/mol. The zero-order valence-corrected chi connectivity index (χ0v) is 28.3. The summed E-state index contributed by atoms with van der Waals surface area (Å²) in [4.78, 5) is 18.6. The lowest BCUT2D eigenvalue weighted by atomic mass is 9.75. The van der Waals surface area contributed by atoms with Crippen molar-refractivity contribution in [3.8, 4) is 0 Å². The van der Waals surface area contributed by atoms with Gasteiger partial charge in [-0.25, -0.2) is 9.67 Å². The molecule has 2 N–H and O–H groups in total. The van der Waals surface area contributed by atoms with E-state index in [0.717, 1.165) is 24.8 Å². The molecule has 0 radical (unpaired) electrons. The monoisotopic (exact) mass is 685 g/mol. The van der Waals surface area contributed by atoms with E-state index in [1.165, 1.54) is 10.7 Å². The number of piperidine rings is 1. The van der Waals surface area contributed by atoms with Crippen LogP contribution in [-0.2, 0) is 27.5 Å². The molecule has 3 unspecified atom stereocenters. The van der Waals surface area contributed by atoms with Gasteiger partial charge in [-0.1, -0.05) is 45.9 Å². The largest absolute Gasteiger partial charge is 0.422 e. The smallest absolute Gasteiger partial charge is 0.410 e. The van der Waals surface area contributed by atoms with E-state index in [-0.39, 0.29) is 29.2 Å². The molecule has 0 aromatic carbocycles. The van der Waals surface area contributed by atoms with Gasteiger partial charge < -0.3 is 19.7 Å². The summed E-state index contributed by atoms with van der Waals surface area (Å²) in [6.45, 7) is 12.5. The van der Waals surface area contributed by atoms with Crippen molar-refractivity contribution >= 4 is 25.9 Å². The van der Waals surface area contributed by atoms with Gasteiger partial charge in [0.2, 0.25) is 11.5 Å². The highest BCUT2D eigenvalue weighted by atomic mass is 28.4. The minimum absolute atomic E-state index is 0.0182. The number of alkyl halides is 6. The second-order valence-electron chi connectivity index (χ2n) is 14.2. The van der Waals surface area contributed by atoms with E-state index in [2.05, 4.69) is 49.3 Å². The number of anilines is 2. The SMILES string of the molecule is CC1C(=O)Nc2c(c(C3CCN(c4ccc(C(F)(F)F)cn4)CC3)nn2CC2=CCC(O[Si](C)(C)C(C)(C)C)C=C2)C1(O)C(F)(F)F. The third-order valence-electron chi connectivity index (χ3n) is 10.1. The van der Waals surface area contributed by atoms with Crippen LogP contribution in [-0.4, -0.2) is 59.5 Å². The van der Waals surface area contributed by atoms with Gasteiger partial charge in [0.1, 0.15) is 11.6 Å². The molecule has 47 heavy (non-hydrogen) atoms. The van der Waals surface area contributed by atoms with Gasteiger partial charge >= 0.3 is 12.4 Å². The maximum Gasteiger partial charge on any atom is 0.422 e. The Morgan fingerprint density at radius 3 is 2.28 bits per heavy atom. The predicted octanol–water partition coefficient (Wildman–Crippen LogP) is 7.30. The van der Waals surface area contributed by atoms with Crippen LogP contribution in [0.1, 0.15) is 69.7 Å². The predicted molar refractivity (Wildman–Crippen MR) is 167 cm³/mol. The molecule has 0 spiro atoms. The highest BCUT2D eigenvalue weighted by molar-refractivity contribution is 6.74. The molecule has 2 aromatic heterocycles. The number of fused-ring (bicyclic) bond motifs is 1. The molecule has 1 saturated heterocycles. The van der Waals surface area contributed by atoms with Crippen LogP contribution in [0.5, 0.6) is 0 Å². The molecule has 15 heteroatoms.